The highest BCUT2D eigenvalue weighted by molar-refractivity contribution is 6.16. The minimum absolute atomic E-state index is 0.533. The molecule has 0 N–H and O–H groups in total. The number of hydrogen-bond acceptors (Lipinski definition) is 1. The van der Waals surface area contributed by atoms with Crippen molar-refractivity contribution < 1.29 is 0 Å². The Kier molecular flexibility index (Phi) is 11.5. The molecule has 1 saturated carbocycles. The number of para-hydroxylation sites is 4. The molecule has 1 heterocycles. The topological polar surface area (TPSA) is 8.17 Å². The second-order valence-electron chi connectivity index (χ2n) is 21.7. The van der Waals surface area contributed by atoms with E-state index in [-0.39, 0.29) is 0 Å². The van der Waals surface area contributed by atoms with Crippen molar-refractivity contribution in [2.24, 2.45) is 0 Å². The van der Waals surface area contributed by atoms with Gasteiger partial charge < -0.3 is 9.47 Å². The summed E-state index contributed by atoms with van der Waals surface area (Å²) >= 11 is 0. The summed E-state index contributed by atoms with van der Waals surface area (Å²) in [6.45, 7) is 0. The first-order valence-corrected chi connectivity index (χ1v) is 28.3. The van der Waals surface area contributed by atoms with E-state index in [0.717, 1.165) is 33.9 Å². The number of benzene rings is 12. The summed E-state index contributed by atoms with van der Waals surface area (Å²) in [5.41, 5.74) is 22.7. The Hall–Kier alpha value is -9.50. The fourth-order valence-corrected chi connectivity index (χ4v) is 14.1. The largest absolute Gasteiger partial charge is 0.309 e. The van der Waals surface area contributed by atoms with Gasteiger partial charge in [-0.15, -0.1) is 0 Å². The highest BCUT2D eigenvalue weighted by Crippen LogP contribution is 2.58. The standard InChI is InChI=1S/C77H58N2/c1-5-25-53(26-6-1)62-41-22-27-54-28-23-43-67(75(54)62)66-39-15-19-46-72(66)79(60-36-21-29-55(51-60)63-42-24-48-74-76(63)68-40-16-20-47-73(68)78(74)59-34-11-4-12-35-59)71-45-18-14-37-61(71)56-49-50-65-64-38-13-17-44-69(64)77(70(65)52-56,57-30-7-2-8-31-57)58-32-9-3-10-33-58/h2-4,7-24,27-53H,1,5-6,25-26H2. The van der Waals surface area contributed by atoms with E-state index in [0.29, 0.717) is 5.92 Å². The van der Waals surface area contributed by atoms with Crippen LogP contribution in [-0.2, 0) is 5.41 Å². The fourth-order valence-electron chi connectivity index (χ4n) is 14.1. The van der Waals surface area contributed by atoms with Gasteiger partial charge in [-0.1, -0.05) is 250 Å². The Morgan fingerprint density at radius 1 is 0.354 bits per heavy atom. The Labute approximate surface area is 463 Å². The van der Waals surface area contributed by atoms with Gasteiger partial charge in [0.1, 0.15) is 0 Å². The average molecular weight is 1010 g/mol. The van der Waals surface area contributed by atoms with E-state index in [1.807, 2.05) is 0 Å². The van der Waals surface area contributed by atoms with Gasteiger partial charge in [-0.3, -0.25) is 0 Å². The van der Waals surface area contributed by atoms with E-state index in [9.17, 15) is 0 Å². The van der Waals surface area contributed by atoms with Crippen LogP contribution in [0.1, 0.15) is 65.8 Å². The van der Waals surface area contributed by atoms with Gasteiger partial charge in [0.2, 0.25) is 0 Å². The average Bonchev–Trinajstić information content (AvgIpc) is 3.90. The first-order valence-electron chi connectivity index (χ1n) is 28.3. The van der Waals surface area contributed by atoms with Crippen molar-refractivity contribution in [2.45, 2.75) is 43.4 Å². The zero-order chi connectivity index (χ0) is 52.3. The molecule has 0 bridgehead atoms. The molecule has 0 atom stereocenters. The minimum Gasteiger partial charge on any atom is -0.309 e. The summed E-state index contributed by atoms with van der Waals surface area (Å²) in [5, 5.41) is 5.16. The van der Waals surface area contributed by atoms with Crippen molar-refractivity contribution in [2.75, 3.05) is 4.90 Å². The lowest BCUT2D eigenvalue weighted by Crippen LogP contribution is -2.28. The third-order valence-electron chi connectivity index (χ3n) is 17.5. The normalized spacial score (nSPS) is 13.9. The molecular weight excluding hydrogens is 953 g/mol. The van der Waals surface area contributed by atoms with Crippen LogP contribution in [0.15, 0.2) is 285 Å². The molecule has 13 aromatic rings. The minimum atomic E-state index is -0.533. The zero-order valence-electron chi connectivity index (χ0n) is 44.1. The predicted molar refractivity (Wildman–Crippen MR) is 332 cm³/mol. The maximum Gasteiger partial charge on any atom is 0.0713 e. The molecule has 376 valence electrons. The molecule has 1 fully saturated rings. The molecule has 0 unspecified atom stereocenters. The van der Waals surface area contributed by atoms with Crippen molar-refractivity contribution >= 4 is 49.6 Å². The number of aromatic nitrogens is 1. The van der Waals surface area contributed by atoms with Crippen LogP contribution in [0.5, 0.6) is 0 Å². The molecule has 2 aliphatic rings. The van der Waals surface area contributed by atoms with E-state index in [2.05, 4.69) is 295 Å². The van der Waals surface area contributed by atoms with Crippen LogP contribution < -0.4 is 4.90 Å². The number of hydrogen-bond donors (Lipinski definition) is 0. The Balaban J connectivity index is 0.977. The predicted octanol–water partition coefficient (Wildman–Crippen LogP) is 20.8. The molecule has 1 aromatic heterocycles. The lowest BCUT2D eigenvalue weighted by atomic mass is 9.67. The molecule has 15 rings (SSSR count). The zero-order valence-corrected chi connectivity index (χ0v) is 44.1. The van der Waals surface area contributed by atoms with Crippen molar-refractivity contribution in [3.05, 3.63) is 313 Å². The Bertz CT molecular complexity index is 4360. The molecule has 0 saturated heterocycles. The first-order chi connectivity index (χ1) is 39.2. The lowest BCUT2D eigenvalue weighted by molar-refractivity contribution is 0.445. The second kappa shape index (κ2) is 19.5. The molecule has 12 aromatic carbocycles. The SMILES string of the molecule is c1ccc(-n2c3ccccc3c3c(-c4cccc(N(c5ccccc5-c5ccc6c(c5)C(c5ccccc5)(c5ccccc5)c5ccccc5-6)c5ccccc5-c5cccc6cccc(C7CCCCC7)c56)c4)cccc32)cc1. The van der Waals surface area contributed by atoms with Crippen LogP contribution in [0.3, 0.4) is 0 Å². The molecule has 2 aliphatic carbocycles. The molecule has 0 radical (unpaired) electrons. The summed E-state index contributed by atoms with van der Waals surface area (Å²) in [6, 6.07) is 107. The van der Waals surface area contributed by atoms with Gasteiger partial charge in [-0.05, 0) is 145 Å². The van der Waals surface area contributed by atoms with Crippen LogP contribution in [-0.4, -0.2) is 4.57 Å². The van der Waals surface area contributed by atoms with Crippen LogP contribution in [0.2, 0.25) is 0 Å². The van der Waals surface area contributed by atoms with E-state index < -0.39 is 5.41 Å². The monoisotopic (exact) mass is 1010 g/mol. The van der Waals surface area contributed by atoms with E-state index in [1.165, 1.54) is 126 Å². The number of nitrogens with zero attached hydrogens (tertiary/aromatic N) is 2. The van der Waals surface area contributed by atoms with Crippen LogP contribution in [0.25, 0.3) is 82.8 Å². The van der Waals surface area contributed by atoms with E-state index in [1.54, 1.807) is 0 Å². The molecular formula is C77H58N2. The van der Waals surface area contributed by atoms with Gasteiger partial charge >= 0.3 is 0 Å². The molecule has 0 amide bonds. The van der Waals surface area contributed by atoms with Gasteiger partial charge in [0.15, 0.2) is 0 Å². The van der Waals surface area contributed by atoms with E-state index in [4.69, 9.17) is 0 Å². The maximum atomic E-state index is 2.56. The summed E-state index contributed by atoms with van der Waals surface area (Å²) in [5.74, 6) is 0.541. The molecule has 0 aliphatic heterocycles. The lowest BCUT2D eigenvalue weighted by Gasteiger charge is -2.34. The maximum absolute atomic E-state index is 2.56. The number of fused-ring (bicyclic) bond motifs is 7. The van der Waals surface area contributed by atoms with Gasteiger partial charge in [-0.25, -0.2) is 0 Å². The van der Waals surface area contributed by atoms with Crippen LogP contribution in [0, 0.1) is 0 Å². The second-order valence-corrected chi connectivity index (χ2v) is 21.7. The third-order valence-corrected chi connectivity index (χ3v) is 17.5. The van der Waals surface area contributed by atoms with Crippen molar-refractivity contribution in [3.8, 4) is 50.2 Å². The van der Waals surface area contributed by atoms with E-state index >= 15 is 0 Å². The molecule has 0 spiro atoms. The van der Waals surface area contributed by atoms with Gasteiger partial charge in [0, 0.05) is 33.3 Å². The summed E-state index contributed by atoms with van der Waals surface area (Å²) in [4.78, 5) is 2.56. The van der Waals surface area contributed by atoms with Gasteiger partial charge in [-0.2, -0.15) is 0 Å². The van der Waals surface area contributed by atoms with Crippen molar-refractivity contribution in [1.82, 2.24) is 4.57 Å². The third kappa shape index (κ3) is 7.61. The Morgan fingerprint density at radius 2 is 0.911 bits per heavy atom. The number of anilines is 3. The fraction of sp³-hybridized carbons (Fsp3) is 0.0909. The summed E-state index contributed by atoms with van der Waals surface area (Å²) < 4.78 is 2.42. The molecule has 2 nitrogen and oxygen atoms in total. The Morgan fingerprint density at radius 3 is 1.68 bits per heavy atom. The van der Waals surface area contributed by atoms with Crippen LogP contribution >= 0.6 is 0 Å². The first kappa shape index (κ1) is 46.8. The molecule has 2 heteroatoms. The smallest absolute Gasteiger partial charge is 0.0713 e. The van der Waals surface area contributed by atoms with Gasteiger partial charge in [0.05, 0.1) is 27.8 Å². The quantitative estimate of drug-likeness (QED) is 0.133. The highest BCUT2D eigenvalue weighted by Gasteiger charge is 2.46. The summed E-state index contributed by atoms with van der Waals surface area (Å²) in [6.07, 6.45) is 6.37. The summed E-state index contributed by atoms with van der Waals surface area (Å²) in [7, 11) is 0. The van der Waals surface area contributed by atoms with Crippen molar-refractivity contribution in [1.29, 1.82) is 0 Å². The van der Waals surface area contributed by atoms with Gasteiger partial charge in [0.25, 0.3) is 0 Å². The molecule has 79 heavy (non-hydrogen) atoms. The van der Waals surface area contributed by atoms with Crippen LogP contribution in [0.4, 0.5) is 17.1 Å². The highest BCUT2D eigenvalue weighted by atomic mass is 15.1. The number of rotatable bonds is 10. The van der Waals surface area contributed by atoms with Crippen molar-refractivity contribution in [3.63, 3.8) is 0 Å².